The molecule has 0 aromatic heterocycles. The number of esters is 2. The van der Waals surface area contributed by atoms with E-state index in [1.165, 1.54) is 35.9 Å². The quantitative estimate of drug-likeness (QED) is 0.129. The number of epoxide rings is 1. The summed E-state index contributed by atoms with van der Waals surface area (Å²) in [4.78, 5) is 36.7. The van der Waals surface area contributed by atoms with Crippen molar-refractivity contribution in [2.75, 3.05) is 6.61 Å². The molecule has 0 spiro atoms. The van der Waals surface area contributed by atoms with Crippen LogP contribution in [0.25, 0.3) is 0 Å². The number of carbonyl (C=O) groups is 2. The highest BCUT2D eigenvalue weighted by atomic mass is 16.6. The Morgan fingerprint density at radius 3 is 2.67 bits per heavy atom. The van der Waals surface area contributed by atoms with E-state index < -0.39 is 47.4 Å². The van der Waals surface area contributed by atoms with Crippen molar-refractivity contribution < 1.29 is 43.3 Å². The number of carbonyl (C=O) groups excluding carboxylic acids is 2. The molecule has 1 aromatic carbocycles. The zero-order chi connectivity index (χ0) is 34.2. The van der Waals surface area contributed by atoms with Crippen molar-refractivity contribution in [3.05, 3.63) is 100 Å². The molecule has 0 amide bonds. The molecule has 4 aliphatic heterocycles. The number of non-ortho nitro benzene ring substituents is 1. The minimum absolute atomic E-state index is 0.0210. The van der Waals surface area contributed by atoms with E-state index in [0.29, 0.717) is 32.3 Å². The van der Waals surface area contributed by atoms with E-state index >= 15 is 0 Å². The van der Waals surface area contributed by atoms with Crippen molar-refractivity contribution in [1.82, 2.24) is 0 Å². The standard InChI is InChI=1S/C37H45NO10/c1-23-16-17-44-29(19-23)14-15-31(39)32-22-34-36(47-34)33(48-37(41)26-10-12-27(13-11-26)38(42)43)21-25(3)18-24(2)20-30-8-4-6-28(45-30)7-5-9-35(40)46-32/h4-6,9-16,24,28-34,36,39H,3,7-8,17-22H2,1-2H3/b9-5+,15-14+/t24-,28-,29+,30-,31-,32-,33-,34-,36-/m0/s1. The summed E-state index contributed by atoms with van der Waals surface area (Å²) >= 11 is 0. The number of rotatable bonds is 6. The van der Waals surface area contributed by atoms with Gasteiger partial charge in [-0.15, -0.1) is 0 Å². The molecule has 2 bridgehead atoms. The summed E-state index contributed by atoms with van der Waals surface area (Å²) in [7, 11) is 0. The number of aliphatic hydroxyl groups is 1. The Hall–Kier alpha value is -3.90. The first-order valence-electron chi connectivity index (χ1n) is 16.6. The zero-order valence-corrected chi connectivity index (χ0v) is 27.5. The van der Waals surface area contributed by atoms with Crippen LogP contribution in [0.5, 0.6) is 0 Å². The fourth-order valence-electron chi connectivity index (χ4n) is 6.46. The largest absolute Gasteiger partial charge is 0.456 e. The number of benzene rings is 1. The second kappa shape index (κ2) is 16.5. The van der Waals surface area contributed by atoms with Gasteiger partial charge in [0.05, 0.1) is 41.5 Å². The predicted octanol–water partition coefficient (Wildman–Crippen LogP) is 5.88. The average Bonchev–Trinajstić information content (AvgIpc) is 3.82. The van der Waals surface area contributed by atoms with E-state index in [0.717, 1.165) is 18.4 Å². The van der Waals surface area contributed by atoms with Gasteiger partial charge in [0.2, 0.25) is 0 Å². The molecule has 0 radical (unpaired) electrons. The molecule has 9 atom stereocenters. The maximum Gasteiger partial charge on any atom is 0.338 e. The van der Waals surface area contributed by atoms with Gasteiger partial charge < -0.3 is 28.8 Å². The monoisotopic (exact) mass is 663 g/mol. The Morgan fingerprint density at radius 1 is 1.12 bits per heavy atom. The van der Waals surface area contributed by atoms with Crippen LogP contribution in [0.2, 0.25) is 0 Å². The third-order valence-corrected chi connectivity index (χ3v) is 8.99. The van der Waals surface area contributed by atoms with E-state index in [2.05, 4.69) is 19.6 Å². The van der Waals surface area contributed by atoms with E-state index in [4.69, 9.17) is 23.7 Å². The number of ether oxygens (including phenoxy) is 5. The van der Waals surface area contributed by atoms with Crippen LogP contribution >= 0.6 is 0 Å². The summed E-state index contributed by atoms with van der Waals surface area (Å²) in [6.07, 6.45) is 12.4. The van der Waals surface area contributed by atoms with Gasteiger partial charge in [0.1, 0.15) is 24.4 Å². The van der Waals surface area contributed by atoms with Crippen LogP contribution in [0, 0.1) is 16.0 Å². The number of hydrogen-bond acceptors (Lipinski definition) is 10. The minimum atomic E-state index is -1.14. The van der Waals surface area contributed by atoms with Crippen molar-refractivity contribution in [2.45, 2.75) is 108 Å². The maximum atomic E-state index is 13.2. The summed E-state index contributed by atoms with van der Waals surface area (Å²) in [6, 6.07) is 5.22. The topological polar surface area (TPSA) is 147 Å². The van der Waals surface area contributed by atoms with Gasteiger partial charge in [0.15, 0.2) is 0 Å². The van der Waals surface area contributed by atoms with Gasteiger partial charge in [-0.05, 0) is 57.1 Å². The van der Waals surface area contributed by atoms with E-state index in [9.17, 15) is 24.8 Å². The van der Waals surface area contributed by atoms with Crippen LogP contribution in [0.15, 0.2) is 84.5 Å². The second-order valence-corrected chi connectivity index (χ2v) is 13.2. The Balaban J connectivity index is 1.35. The summed E-state index contributed by atoms with van der Waals surface area (Å²) in [5, 5.41) is 22.3. The highest BCUT2D eigenvalue weighted by Crippen LogP contribution is 2.37. The van der Waals surface area contributed by atoms with Gasteiger partial charge in [-0.25, -0.2) is 9.59 Å². The molecule has 0 unspecified atom stereocenters. The predicted molar refractivity (Wildman–Crippen MR) is 177 cm³/mol. The zero-order valence-electron chi connectivity index (χ0n) is 27.5. The summed E-state index contributed by atoms with van der Waals surface area (Å²) in [6.45, 7) is 8.95. The van der Waals surface area contributed by atoms with Crippen LogP contribution in [-0.2, 0) is 28.5 Å². The van der Waals surface area contributed by atoms with Gasteiger partial charge in [0, 0.05) is 31.1 Å². The van der Waals surface area contributed by atoms with Crippen molar-refractivity contribution in [3.63, 3.8) is 0 Å². The van der Waals surface area contributed by atoms with Gasteiger partial charge in [0.25, 0.3) is 5.69 Å². The van der Waals surface area contributed by atoms with Crippen LogP contribution in [0.3, 0.4) is 0 Å². The molecule has 48 heavy (non-hydrogen) atoms. The molecular weight excluding hydrogens is 618 g/mol. The number of nitro benzene ring substituents is 1. The normalized spacial score (nSPS) is 32.9. The summed E-state index contributed by atoms with van der Waals surface area (Å²) < 4.78 is 29.8. The van der Waals surface area contributed by atoms with Crippen LogP contribution in [0.1, 0.15) is 69.2 Å². The Morgan fingerprint density at radius 2 is 1.92 bits per heavy atom. The lowest BCUT2D eigenvalue weighted by atomic mass is 9.90. The molecule has 1 saturated heterocycles. The van der Waals surface area contributed by atoms with Crippen LogP contribution in [0.4, 0.5) is 5.69 Å². The van der Waals surface area contributed by atoms with E-state index in [1.807, 2.05) is 19.1 Å². The smallest absolute Gasteiger partial charge is 0.338 e. The SMILES string of the molecule is C=C1C[C@H](C)C[C@@H]2CC=C[C@@H](C/C=C/C(=O)O[C@H]([C@@H](O)/C=C/[C@@H]3CC(C)=CCO3)C[C@@H]3O[C@H]3[C@@H](OC(=O)c3ccc([N+](=O)[O-])cc3)C1)O2. The number of nitrogens with zero attached hydrogens (tertiary/aromatic N) is 1. The number of nitro groups is 1. The molecule has 4 heterocycles. The Bertz CT molecular complexity index is 1450. The molecule has 0 saturated carbocycles. The van der Waals surface area contributed by atoms with Crippen LogP contribution in [-0.4, -0.2) is 77.4 Å². The van der Waals surface area contributed by atoms with E-state index in [-0.39, 0.29) is 41.9 Å². The molecule has 258 valence electrons. The van der Waals surface area contributed by atoms with Gasteiger partial charge in [-0.1, -0.05) is 61.1 Å². The number of cyclic esters (lactones) is 1. The molecule has 1 N–H and O–H groups in total. The Kier molecular flexibility index (Phi) is 12.2. The number of hydrogen-bond donors (Lipinski definition) is 1. The molecule has 1 fully saturated rings. The molecule has 1 aromatic rings. The van der Waals surface area contributed by atoms with Gasteiger partial charge in [-0.3, -0.25) is 10.1 Å². The molecular formula is C37H45NO10. The molecule has 11 heteroatoms. The summed E-state index contributed by atoms with van der Waals surface area (Å²) in [5.74, 6) is -0.994. The van der Waals surface area contributed by atoms with Gasteiger partial charge in [-0.2, -0.15) is 0 Å². The lowest BCUT2D eigenvalue weighted by molar-refractivity contribution is -0.384. The highest BCUT2D eigenvalue weighted by Gasteiger charge is 2.49. The maximum absolute atomic E-state index is 13.2. The Labute approximate surface area is 281 Å². The third-order valence-electron chi connectivity index (χ3n) is 8.99. The van der Waals surface area contributed by atoms with Crippen molar-refractivity contribution in [3.8, 4) is 0 Å². The lowest BCUT2D eigenvalue weighted by Crippen LogP contribution is -2.33. The van der Waals surface area contributed by atoms with Gasteiger partial charge >= 0.3 is 11.9 Å². The van der Waals surface area contributed by atoms with Crippen LogP contribution < -0.4 is 0 Å². The number of aliphatic hydroxyl groups excluding tert-OH is 1. The van der Waals surface area contributed by atoms with Crippen molar-refractivity contribution in [2.24, 2.45) is 5.92 Å². The minimum Gasteiger partial charge on any atom is -0.456 e. The molecule has 11 nitrogen and oxygen atoms in total. The van der Waals surface area contributed by atoms with Crippen molar-refractivity contribution >= 4 is 17.6 Å². The second-order valence-electron chi connectivity index (χ2n) is 13.2. The molecule has 5 rings (SSSR count). The lowest BCUT2D eigenvalue weighted by Gasteiger charge is -2.28. The number of fused-ring (bicyclic) bond motifs is 3. The summed E-state index contributed by atoms with van der Waals surface area (Å²) in [5.41, 5.74) is 2.11. The average molecular weight is 664 g/mol. The first-order valence-corrected chi connectivity index (χ1v) is 16.6. The van der Waals surface area contributed by atoms with E-state index in [1.54, 1.807) is 18.2 Å². The third kappa shape index (κ3) is 10.3. The van der Waals surface area contributed by atoms with Crippen molar-refractivity contribution in [1.29, 1.82) is 0 Å². The fraction of sp³-hybridized carbons (Fsp3) is 0.514. The fourth-order valence-corrected chi connectivity index (χ4v) is 6.46. The first kappa shape index (κ1) is 35.4. The first-order chi connectivity index (χ1) is 23.0. The molecule has 4 aliphatic rings. The highest BCUT2D eigenvalue weighted by molar-refractivity contribution is 5.89. The molecule has 0 aliphatic carbocycles.